The average molecular weight is 349 g/mol. The molecule has 0 aliphatic carbocycles. The molecule has 130 valence electrons. The van der Waals surface area contributed by atoms with Crippen molar-refractivity contribution < 1.29 is 8.42 Å². The lowest BCUT2D eigenvalue weighted by Crippen LogP contribution is -2.34. The van der Waals surface area contributed by atoms with E-state index in [0.717, 1.165) is 25.1 Å². The lowest BCUT2D eigenvalue weighted by molar-refractivity contribution is 0.170. The maximum Gasteiger partial charge on any atom is 0.198 e. The summed E-state index contributed by atoms with van der Waals surface area (Å²) < 4.78 is 26.6. The third kappa shape index (κ3) is 3.99. The second-order valence-corrected chi connectivity index (χ2v) is 8.59. The minimum absolute atomic E-state index is 0.234. The van der Waals surface area contributed by atoms with Gasteiger partial charge < -0.3 is 0 Å². The average Bonchev–Trinajstić information content (AvgIpc) is 2.94. The minimum atomic E-state index is -3.47. The molecular formula is C16H23N5O2S. The van der Waals surface area contributed by atoms with Crippen LogP contribution in [0.15, 0.2) is 29.2 Å². The zero-order chi connectivity index (χ0) is 17.2. The molecule has 1 atom stereocenters. The number of hydrogen-bond donors (Lipinski definition) is 0. The molecule has 7 nitrogen and oxygen atoms in total. The monoisotopic (exact) mass is 349 g/mol. The Bertz CT molecular complexity index is 785. The van der Waals surface area contributed by atoms with Crippen LogP contribution in [-0.4, -0.2) is 46.6 Å². The van der Waals surface area contributed by atoms with Crippen molar-refractivity contribution in [2.75, 3.05) is 13.1 Å². The van der Waals surface area contributed by atoms with Gasteiger partial charge in [-0.15, -0.1) is 5.10 Å². The molecule has 0 radical (unpaired) electrons. The molecule has 8 heteroatoms. The maximum atomic E-state index is 12.6. The van der Waals surface area contributed by atoms with Crippen molar-refractivity contribution in [2.45, 2.75) is 44.0 Å². The van der Waals surface area contributed by atoms with Gasteiger partial charge in [0, 0.05) is 6.54 Å². The predicted molar refractivity (Wildman–Crippen MR) is 89.9 cm³/mol. The summed E-state index contributed by atoms with van der Waals surface area (Å²) in [6.45, 7) is 6.74. The molecule has 2 heterocycles. The SMILES string of the molecule is Cc1ccc(S(=O)(=O)Cn2nnnc2CN2CCCC(C)C2)cc1. The standard InChI is InChI=1S/C16H23N5O2S/c1-13-5-7-15(8-6-13)24(22,23)12-21-16(17-18-19-21)11-20-9-3-4-14(2)10-20/h5-8,14H,3-4,9-12H2,1-2H3. The highest BCUT2D eigenvalue weighted by molar-refractivity contribution is 7.90. The van der Waals surface area contributed by atoms with E-state index in [9.17, 15) is 8.42 Å². The van der Waals surface area contributed by atoms with Crippen LogP contribution in [-0.2, 0) is 22.3 Å². The Morgan fingerprint density at radius 2 is 2.00 bits per heavy atom. The second-order valence-electron chi connectivity index (χ2n) is 6.63. The van der Waals surface area contributed by atoms with E-state index < -0.39 is 9.84 Å². The normalized spacial score (nSPS) is 19.5. The third-order valence-corrected chi connectivity index (χ3v) is 5.96. The van der Waals surface area contributed by atoms with Crippen LogP contribution in [0.25, 0.3) is 0 Å². The topological polar surface area (TPSA) is 81.0 Å². The van der Waals surface area contributed by atoms with Crippen molar-refractivity contribution in [1.82, 2.24) is 25.1 Å². The smallest absolute Gasteiger partial charge is 0.198 e. The summed E-state index contributed by atoms with van der Waals surface area (Å²) >= 11 is 0. The number of rotatable bonds is 5. The fourth-order valence-corrected chi connectivity index (χ4v) is 4.27. The van der Waals surface area contributed by atoms with Gasteiger partial charge in [0.25, 0.3) is 0 Å². The summed E-state index contributed by atoms with van der Waals surface area (Å²) in [7, 11) is -3.47. The van der Waals surface area contributed by atoms with Crippen molar-refractivity contribution in [2.24, 2.45) is 5.92 Å². The van der Waals surface area contributed by atoms with Gasteiger partial charge in [0.15, 0.2) is 21.5 Å². The van der Waals surface area contributed by atoms with E-state index in [1.165, 1.54) is 11.1 Å². The second kappa shape index (κ2) is 6.98. The minimum Gasteiger partial charge on any atom is -0.296 e. The number of sulfone groups is 1. The molecule has 0 N–H and O–H groups in total. The van der Waals surface area contributed by atoms with Crippen molar-refractivity contribution in [3.63, 3.8) is 0 Å². The molecule has 1 unspecified atom stereocenters. The molecule has 3 rings (SSSR count). The van der Waals surface area contributed by atoms with E-state index in [0.29, 0.717) is 23.2 Å². The van der Waals surface area contributed by atoms with E-state index in [2.05, 4.69) is 27.3 Å². The van der Waals surface area contributed by atoms with Crippen molar-refractivity contribution >= 4 is 9.84 Å². The first-order valence-electron chi connectivity index (χ1n) is 8.21. The number of likely N-dealkylation sites (tertiary alicyclic amines) is 1. The fraction of sp³-hybridized carbons (Fsp3) is 0.562. The maximum absolute atomic E-state index is 12.6. The van der Waals surface area contributed by atoms with Gasteiger partial charge in [-0.2, -0.15) is 0 Å². The number of aryl methyl sites for hydroxylation is 1. The first-order valence-corrected chi connectivity index (χ1v) is 9.86. The molecule has 1 aliphatic rings. The Kier molecular flexibility index (Phi) is 4.96. The van der Waals surface area contributed by atoms with Crippen LogP contribution in [0.5, 0.6) is 0 Å². The van der Waals surface area contributed by atoms with Crippen molar-refractivity contribution in [3.05, 3.63) is 35.7 Å². The van der Waals surface area contributed by atoms with Crippen LogP contribution in [0.4, 0.5) is 0 Å². The van der Waals surface area contributed by atoms with Gasteiger partial charge in [-0.05, 0) is 54.8 Å². The summed E-state index contributed by atoms with van der Waals surface area (Å²) in [6, 6.07) is 6.84. The van der Waals surface area contributed by atoms with Crippen LogP contribution < -0.4 is 0 Å². The number of hydrogen-bond acceptors (Lipinski definition) is 6. The lowest BCUT2D eigenvalue weighted by Gasteiger charge is -2.30. The zero-order valence-corrected chi connectivity index (χ0v) is 14.9. The summed E-state index contributed by atoms with van der Waals surface area (Å²) in [4.78, 5) is 2.58. The Labute approximate surface area is 142 Å². The first kappa shape index (κ1) is 17.0. The molecule has 0 spiro atoms. The molecule has 1 aromatic carbocycles. The van der Waals surface area contributed by atoms with Gasteiger partial charge >= 0.3 is 0 Å². The number of aromatic nitrogens is 4. The molecule has 0 amide bonds. The highest BCUT2D eigenvalue weighted by Gasteiger charge is 2.22. The molecule has 1 saturated heterocycles. The molecule has 0 saturated carbocycles. The first-order chi connectivity index (χ1) is 11.4. The number of tetrazole rings is 1. The van der Waals surface area contributed by atoms with E-state index in [4.69, 9.17) is 0 Å². The van der Waals surface area contributed by atoms with Gasteiger partial charge in [0.05, 0.1) is 11.4 Å². The van der Waals surface area contributed by atoms with Gasteiger partial charge in [-0.25, -0.2) is 13.1 Å². The largest absolute Gasteiger partial charge is 0.296 e. The summed E-state index contributed by atoms with van der Waals surface area (Å²) in [5.41, 5.74) is 1.02. The van der Waals surface area contributed by atoms with E-state index >= 15 is 0 Å². The molecular weight excluding hydrogens is 326 g/mol. The number of nitrogens with zero attached hydrogens (tertiary/aromatic N) is 5. The fourth-order valence-electron chi connectivity index (χ4n) is 3.05. The molecule has 1 aliphatic heterocycles. The van der Waals surface area contributed by atoms with Gasteiger partial charge in [0.2, 0.25) is 0 Å². The Balaban J connectivity index is 1.74. The van der Waals surface area contributed by atoms with E-state index in [1.807, 2.05) is 6.92 Å². The Hall–Kier alpha value is -1.80. The molecule has 24 heavy (non-hydrogen) atoms. The Morgan fingerprint density at radius 1 is 1.25 bits per heavy atom. The van der Waals surface area contributed by atoms with Crippen LogP contribution >= 0.6 is 0 Å². The van der Waals surface area contributed by atoms with Crippen LogP contribution in [0.1, 0.15) is 31.2 Å². The highest BCUT2D eigenvalue weighted by Crippen LogP contribution is 2.18. The molecule has 1 aromatic heterocycles. The van der Waals surface area contributed by atoms with Crippen LogP contribution in [0.2, 0.25) is 0 Å². The van der Waals surface area contributed by atoms with Gasteiger partial charge in [-0.3, -0.25) is 4.90 Å². The molecule has 0 bridgehead atoms. The molecule has 2 aromatic rings. The van der Waals surface area contributed by atoms with Crippen molar-refractivity contribution in [3.8, 4) is 0 Å². The zero-order valence-electron chi connectivity index (χ0n) is 14.1. The van der Waals surface area contributed by atoms with Crippen LogP contribution in [0.3, 0.4) is 0 Å². The van der Waals surface area contributed by atoms with Crippen molar-refractivity contribution in [1.29, 1.82) is 0 Å². The third-order valence-electron chi connectivity index (χ3n) is 4.38. The molecule has 1 fully saturated rings. The van der Waals surface area contributed by atoms with Gasteiger partial charge in [-0.1, -0.05) is 24.6 Å². The highest BCUT2D eigenvalue weighted by atomic mass is 32.2. The quantitative estimate of drug-likeness (QED) is 0.816. The van der Waals surface area contributed by atoms with E-state index in [-0.39, 0.29) is 5.88 Å². The number of benzene rings is 1. The predicted octanol–water partition coefficient (Wildman–Crippen LogP) is 1.64. The summed E-state index contributed by atoms with van der Waals surface area (Å²) in [6.07, 6.45) is 2.40. The van der Waals surface area contributed by atoms with Crippen LogP contribution in [0, 0.1) is 12.8 Å². The lowest BCUT2D eigenvalue weighted by atomic mass is 10.0. The summed E-state index contributed by atoms with van der Waals surface area (Å²) in [5.74, 6) is 1.01. The Morgan fingerprint density at radius 3 is 2.71 bits per heavy atom. The summed E-state index contributed by atoms with van der Waals surface area (Å²) in [5, 5.41) is 11.6. The van der Waals surface area contributed by atoms with E-state index in [1.54, 1.807) is 24.3 Å². The number of piperidine rings is 1. The van der Waals surface area contributed by atoms with Gasteiger partial charge in [0.1, 0.15) is 0 Å².